The molecule has 76 valence electrons. The first-order valence-electron chi connectivity index (χ1n) is 4.64. The van der Waals surface area contributed by atoms with Crippen LogP contribution in [-0.2, 0) is 10.9 Å². The molecule has 1 aromatic rings. The fraction of sp³-hybridized carbons (Fsp3) is 0.273. The van der Waals surface area contributed by atoms with Crippen molar-refractivity contribution in [1.82, 2.24) is 0 Å². The van der Waals surface area contributed by atoms with Gasteiger partial charge in [0, 0.05) is 8.50 Å². The lowest BCUT2D eigenvalue weighted by atomic mass is 10.1. The number of benzene rings is 1. The lowest BCUT2D eigenvalue weighted by Crippen LogP contribution is -2.04. The number of rotatable bonds is 6. The van der Waals surface area contributed by atoms with Gasteiger partial charge in [0.2, 0.25) is 0 Å². The van der Waals surface area contributed by atoms with Crippen molar-refractivity contribution in [1.29, 1.82) is 0 Å². The highest BCUT2D eigenvalue weighted by Gasteiger charge is 2.03. The van der Waals surface area contributed by atoms with Gasteiger partial charge in [-0.05, 0) is 18.4 Å². The van der Waals surface area contributed by atoms with Crippen LogP contribution < -0.4 is 0 Å². The Morgan fingerprint density at radius 3 is 2.71 bits per heavy atom. The molecule has 0 aliphatic carbocycles. The SMILES string of the molecule is C=C[C@H](CCc1ccccc1)OPP. The fourth-order valence-electron chi connectivity index (χ4n) is 1.27. The van der Waals surface area contributed by atoms with E-state index in [1.165, 1.54) is 5.56 Å². The summed E-state index contributed by atoms with van der Waals surface area (Å²) in [5.74, 6) is 0. The Morgan fingerprint density at radius 1 is 1.43 bits per heavy atom. The molecule has 3 atom stereocenters. The molecule has 0 aliphatic heterocycles. The van der Waals surface area contributed by atoms with E-state index in [0.29, 0.717) is 8.50 Å². The zero-order valence-corrected chi connectivity index (χ0v) is 10.3. The van der Waals surface area contributed by atoms with E-state index < -0.39 is 0 Å². The molecule has 0 heterocycles. The maximum atomic E-state index is 5.49. The highest BCUT2D eigenvalue weighted by atomic mass is 32.0. The van der Waals surface area contributed by atoms with Crippen LogP contribution >= 0.6 is 17.4 Å². The molecule has 0 N–H and O–H groups in total. The van der Waals surface area contributed by atoms with Crippen molar-refractivity contribution in [2.24, 2.45) is 0 Å². The molecular weight excluding hydrogens is 210 g/mol. The van der Waals surface area contributed by atoms with E-state index in [9.17, 15) is 0 Å². The van der Waals surface area contributed by atoms with Gasteiger partial charge in [0.05, 0.1) is 6.10 Å². The Morgan fingerprint density at radius 2 is 2.14 bits per heavy atom. The first-order valence-corrected chi connectivity index (χ1v) is 7.36. The topological polar surface area (TPSA) is 9.23 Å². The van der Waals surface area contributed by atoms with E-state index in [1.54, 1.807) is 0 Å². The third-order valence-corrected chi connectivity index (χ3v) is 2.89. The molecule has 0 aliphatic rings. The van der Waals surface area contributed by atoms with Crippen LogP contribution in [0.25, 0.3) is 0 Å². The Bertz CT molecular complexity index is 261. The minimum atomic E-state index is 0.186. The van der Waals surface area contributed by atoms with Crippen molar-refractivity contribution in [3.8, 4) is 0 Å². The Labute approximate surface area is 89.9 Å². The van der Waals surface area contributed by atoms with Crippen LogP contribution in [0.5, 0.6) is 0 Å². The second-order valence-corrected chi connectivity index (χ2v) is 4.21. The number of hydrogen-bond acceptors (Lipinski definition) is 1. The largest absolute Gasteiger partial charge is 0.351 e. The zero-order valence-electron chi connectivity index (χ0n) is 8.15. The summed E-state index contributed by atoms with van der Waals surface area (Å²) in [6.07, 6.45) is 4.12. The molecule has 1 rings (SSSR count). The van der Waals surface area contributed by atoms with Gasteiger partial charge >= 0.3 is 0 Å². The van der Waals surface area contributed by atoms with Crippen LogP contribution in [0.15, 0.2) is 43.0 Å². The predicted molar refractivity (Wildman–Crippen MR) is 67.9 cm³/mol. The maximum absolute atomic E-state index is 5.49. The van der Waals surface area contributed by atoms with Crippen LogP contribution in [0.1, 0.15) is 12.0 Å². The summed E-state index contributed by atoms with van der Waals surface area (Å²) >= 11 is 0. The molecule has 0 radical (unpaired) electrons. The summed E-state index contributed by atoms with van der Waals surface area (Å²) in [6.45, 7) is 3.76. The van der Waals surface area contributed by atoms with Crippen LogP contribution in [0, 0.1) is 0 Å². The van der Waals surface area contributed by atoms with Gasteiger partial charge in [-0.25, -0.2) is 0 Å². The van der Waals surface area contributed by atoms with Crippen molar-refractivity contribution in [3.63, 3.8) is 0 Å². The van der Waals surface area contributed by atoms with Crippen molar-refractivity contribution in [2.45, 2.75) is 18.9 Å². The van der Waals surface area contributed by atoms with E-state index >= 15 is 0 Å². The molecule has 0 amide bonds. The lowest BCUT2D eigenvalue weighted by Gasteiger charge is -2.11. The van der Waals surface area contributed by atoms with Gasteiger partial charge < -0.3 is 4.52 Å². The van der Waals surface area contributed by atoms with E-state index in [1.807, 2.05) is 12.1 Å². The van der Waals surface area contributed by atoms with Crippen molar-refractivity contribution in [3.05, 3.63) is 48.6 Å². The average molecular weight is 226 g/mol. The second-order valence-electron chi connectivity index (χ2n) is 3.03. The molecule has 0 saturated carbocycles. The summed E-state index contributed by atoms with van der Waals surface area (Å²) in [5, 5.41) is 0. The summed E-state index contributed by atoms with van der Waals surface area (Å²) in [7, 11) is 3.05. The summed E-state index contributed by atoms with van der Waals surface area (Å²) < 4.78 is 5.49. The molecule has 0 aromatic heterocycles. The molecule has 2 unspecified atom stereocenters. The van der Waals surface area contributed by atoms with Gasteiger partial charge in [-0.15, -0.1) is 6.58 Å². The first kappa shape index (κ1) is 11.9. The van der Waals surface area contributed by atoms with E-state index in [4.69, 9.17) is 4.52 Å². The van der Waals surface area contributed by atoms with Gasteiger partial charge in [0.1, 0.15) is 0 Å². The van der Waals surface area contributed by atoms with E-state index in [-0.39, 0.29) is 6.10 Å². The van der Waals surface area contributed by atoms with Crippen molar-refractivity contribution < 1.29 is 4.52 Å². The standard InChI is InChI=1S/C11H16OP2/c1-2-11(12-14-13)9-8-10-6-4-3-5-7-10/h2-7,11,14H,1,8-9,13H2/t11-/m1/s1. The van der Waals surface area contributed by atoms with Crippen LogP contribution in [0.3, 0.4) is 0 Å². The Hall–Kier alpha value is -0.220. The Kier molecular flexibility index (Phi) is 6.03. The van der Waals surface area contributed by atoms with Gasteiger partial charge in [-0.2, -0.15) is 0 Å². The van der Waals surface area contributed by atoms with Crippen molar-refractivity contribution in [2.75, 3.05) is 0 Å². The summed E-state index contributed by atoms with van der Waals surface area (Å²) in [4.78, 5) is 0. The number of hydrogen-bond donors (Lipinski definition) is 0. The molecule has 0 spiro atoms. The minimum Gasteiger partial charge on any atom is -0.351 e. The normalized spacial score (nSPS) is 13.2. The van der Waals surface area contributed by atoms with Crippen LogP contribution in [-0.4, -0.2) is 6.10 Å². The maximum Gasteiger partial charge on any atom is 0.0800 e. The molecule has 14 heavy (non-hydrogen) atoms. The molecule has 0 saturated heterocycles. The van der Waals surface area contributed by atoms with E-state index in [0.717, 1.165) is 12.8 Å². The van der Waals surface area contributed by atoms with E-state index in [2.05, 4.69) is 39.8 Å². The summed E-state index contributed by atoms with van der Waals surface area (Å²) in [5.41, 5.74) is 1.36. The minimum absolute atomic E-state index is 0.186. The molecular formula is C11H16OP2. The van der Waals surface area contributed by atoms with Crippen LogP contribution in [0.4, 0.5) is 0 Å². The first-order chi connectivity index (χ1) is 6.86. The third-order valence-electron chi connectivity index (χ3n) is 2.04. The smallest absolute Gasteiger partial charge is 0.0800 e. The molecule has 0 fully saturated rings. The predicted octanol–water partition coefficient (Wildman–Crippen LogP) is 3.57. The Balaban J connectivity index is 2.35. The quantitative estimate of drug-likeness (QED) is 0.532. The fourth-order valence-corrected chi connectivity index (χ4v) is 2.18. The molecule has 1 nitrogen and oxygen atoms in total. The second kappa shape index (κ2) is 7.12. The average Bonchev–Trinajstić information content (AvgIpc) is 2.25. The van der Waals surface area contributed by atoms with Gasteiger partial charge in [-0.1, -0.05) is 45.3 Å². The summed E-state index contributed by atoms with van der Waals surface area (Å²) in [6, 6.07) is 10.5. The highest BCUT2D eigenvalue weighted by Crippen LogP contribution is 2.25. The molecule has 1 aromatic carbocycles. The molecule has 3 heteroatoms. The molecule has 0 bridgehead atoms. The van der Waals surface area contributed by atoms with Crippen molar-refractivity contribution >= 4 is 17.4 Å². The number of aryl methyl sites for hydroxylation is 1. The highest BCUT2D eigenvalue weighted by molar-refractivity contribution is 8.00. The van der Waals surface area contributed by atoms with Gasteiger partial charge in [0.25, 0.3) is 0 Å². The monoisotopic (exact) mass is 226 g/mol. The van der Waals surface area contributed by atoms with Gasteiger partial charge in [-0.3, -0.25) is 0 Å². The third kappa shape index (κ3) is 4.33. The lowest BCUT2D eigenvalue weighted by molar-refractivity contribution is 0.279. The zero-order chi connectivity index (χ0) is 10.2. The van der Waals surface area contributed by atoms with Crippen LogP contribution in [0.2, 0.25) is 0 Å². The van der Waals surface area contributed by atoms with Gasteiger partial charge in [0.15, 0.2) is 0 Å².